The average Bonchev–Trinajstić information content (AvgIpc) is 2.33. The number of benzene rings is 2. The molecular weight excluding hydrogens is 326 g/mol. The Morgan fingerprint density at radius 2 is 1.55 bits per heavy atom. The van der Waals surface area contributed by atoms with E-state index >= 15 is 0 Å². The van der Waals surface area contributed by atoms with Gasteiger partial charge in [0.05, 0.1) is 10.0 Å². The number of rotatable bonds is 2. The number of hydrogen-bond acceptors (Lipinski definition) is 1. The fraction of sp³-hybridized carbons (Fsp3) is 0.250. The standard InChI is InChI=1S/C16H15BrF2O/c1-8-6-9(2)13(10(3)7-8)16(20)14-12(18)5-4-11(17)15(14)19/h4-7,16,20H,1-3H3. The zero-order valence-corrected chi connectivity index (χ0v) is 13.1. The first-order valence-corrected chi connectivity index (χ1v) is 7.01. The van der Waals surface area contributed by atoms with Crippen LogP contribution in [-0.4, -0.2) is 5.11 Å². The molecule has 4 heteroatoms. The SMILES string of the molecule is Cc1cc(C)c(C(O)c2c(F)ccc(Br)c2F)c(C)c1. The summed E-state index contributed by atoms with van der Waals surface area (Å²) in [5.74, 6) is -1.52. The predicted octanol–water partition coefficient (Wildman–Crippen LogP) is 4.73. The van der Waals surface area contributed by atoms with Crippen molar-refractivity contribution in [2.75, 3.05) is 0 Å². The van der Waals surface area contributed by atoms with Crippen LogP contribution in [0.1, 0.15) is 33.9 Å². The molecule has 1 atom stereocenters. The van der Waals surface area contributed by atoms with Crippen LogP contribution in [0.4, 0.5) is 8.78 Å². The minimum absolute atomic E-state index is 0.135. The highest BCUT2D eigenvalue weighted by Gasteiger charge is 2.24. The fourth-order valence-corrected chi connectivity index (χ4v) is 2.91. The van der Waals surface area contributed by atoms with Gasteiger partial charge in [0.25, 0.3) is 0 Å². The van der Waals surface area contributed by atoms with E-state index in [1.54, 1.807) is 0 Å². The molecule has 0 radical (unpaired) electrons. The molecule has 2 aromatic carbocycles. The van der Waals surface area contributed by atoms with Crippen LogP contribution in [-0.2, 0) is 0 Å². The van der Waals surface area contributed by atoms with Gasteiger partial charge in [0, 0.05) is 0 Å². The maximum Gasteiger partial charge on any atom is 0.146 e. The first-order chi connectivity index (χ1) is 9.32. The van der Waals surface area contributed by atoms with Gasteiger partial charge in [0.15, 0.2) is 0 Å². The van der Waals surface area contributed by atoms with E-state index in [-0.39, 0.29) is 10.0 Å². The number of aryl methyl sites for hydroxylation is 3. The lowest BCUT2D eigenvalue weighted by Gasteiger charge is -2.19. The van der Waals surface area contributed by atoms with E-state index in [1.165, 1.54) is 6.07 Å². The van der Waals surface area contributed by atoms with Gasteiger partial charge in [-0.15, -0.1) is 0 Å². The second-order valence-electron chi connectivity index (χ2n) is 4.97. The van der Waals surface area contributed by atoms with Crippen molar-refractivity contribution in [1.29, 1.82) is 0 Å². The van der Waals surface area contributed by atoms with E-state index < -0.39 is 17.7 Å². The molecule has 0 aromatic heterocycles. The molecular formula is C16H15BrF2O. The molecule has 0 amide bonds. The van der Waals surface area contributed by atoms with E-state index in [9.17, 15) is 13.9 Å². The predicted molar refractivity (Wildman–Crippen MR) is 78.8 cm³/mol. The molecule has 1 unspecified atom stereocenters. The zero-order chi connectivity index (χ0) is 15.0. The molecule has 0 saturated carbocycles. The van der Waals surface area contributed by atoms with Crippen molar-refractivity contribution in [3.05, 3.63) is 68.2 Å². The second-order valence-corrected chi connectivity index (χ2v) is 5.83. The minimum atomic E-state index is -1.33. The van der Waals surface area contributed by atoms with Crippen LogP contribution in [0.15, 0.2) is 28.7 Å². The third kappa shape index (κ3) is 2.63. The van der Waals surface area contributed by atoms with Gasteiger partial charge in [-0.3, -0.25) is 0 Å². The number of halogens is 3. The lowest BCUT2D eigenvalue weighted by atomic mass is 9.91. The van der Waals surface area contributed by atoms with Gasteiger partial charge < -0.3 is 5.11 Å². The van der Waals surface area contributed by atoms with E-state index in [1.807, 2.05) is 32.9 Å². The summed E-state index contributed by atoms with van der Waals surface area (Å²) in [4.78, 5) is 0. The third-order valence-electron chi connectivity index (χ3n) is 3.36. The summed E-state index contributed by atoms with van der Waals surface area (Å²) in [7, 11) is 0. The van der Waals surface area contributed by atoms with Crippen LogP contribution in [0.3, 0.4) is 0 Å². The monoisotopic (exact) mass is 340 g/mol. The van der Waals surface area contributed by atoms with Gasteiger partial charge in [-0.2, -0.15) is 0 Å². The number of aliphatic hydroxyl groups is 1. The van der Waals surface area contributed by atoms with E-state index in [2.05, 4.69) is 15.9 Å². The van der Waals surface area contributed by atoms with Gasteiger partial charge in [0.2, 0.25) is 0 Å². The van der Waals surface area contributed by atoms with Crippen LogP contribution in [0.5, 0.6) is 0 Å². The van der Waals surface area contributed by atoms with Crippen LogP contribution >= 0.6 is 15.9 Å². The Balaban J connectivity index is 2.64. The Morgan fingerprint density at radius 1 is 1.00 bits per heavy atom. The van der Waals surface area contributed by atoms with Crippen LogP contribution < -0.4 is 0 Å². The summed E-state index contributed by atoms with van der Waals surface area (Å²) in [5, 5.41) is 10.4. The second kappa shape index (κ2) is 5.62. The van der Waals surface area contributed by atoms with Crippen LogP contribution in [0, 0.1) is 32.4 Å². The molecule has 0 fully saturated rings. The number of aliphatic hydroxyl groups excluding tert-OH is 1. The Morgan fingerprint density at radius 3 is 2.10 bits per heavy atom. The quantitative estimate of drug-likeness (QED) is 0.783. The molecule has 2 aromatic rings. The lowest BCUT2D eigenvalue weighted by Crippen LogP contribution is -2.10. The Kier molecular flexibility index (Phi) is 4.25. The molecule has 0 saturated heterocycles. The van der Waals surface area contributed by atoms with Gasteiger partial charge in [-0.1, -0.05) is 17.7 Å². The van der Waals surface area contributed by atoms with Crippen molar-refractivity contribution >= 4 is 15.9 Å². The summed E-state index contributed by atoms with van der Waals surface area (Å²) < 4.78 is 28.1. The Labute approximate surface area is 125 Å². The lowest BCUT2D eigenvalue weighted by molar-refractivity contribution is 0.207. The van der Waals surface area contributed by atoms with Gasteiger partial charge in [0.1, 0.15) is 17.7 Å². The van der Waals surface area contributed by atoms with E-state index in [0.717, 1.165) is 22.8 Å². The normalized spacial score (nSPS) is 12.6. The Bertz CT molecular complexity index is 645. The van der Waals surface area contributed by atoms with Gasteiger partial charge in [-0.25, -0.2) is 8.78 Å². The van der Waals surface area contributed by atoms with E-state index in [0.29, 0.717) is 5.56 Å². The summed E-state index contributed by atoms with van der Waals surface area (Å²) in [5.41, 5.74) is 2.90. The highest BCUT2D eigenvalue weighted by molar-refractivity contribution is 9.10. The first-order valence-electron chi connectivity index (χ1n) is 6.22. The summed E-state index contributed by atoms with van der Waals surface area (Å²) in [6.07, 6.45) is -1.33. The molecule has 1 nitrogen and oxygen atoms in total. The minimum Gasteiger partial charge on any atom is -0.383 e. The molecule has 0 aliphatic heterocycles. The molecule has 0 spiro atoms. The average molecular weight is 341 g/mol. The number of hydrogen-bond donors (Lipinski definition) is 1. The van der Waals surface area contributed by atoms with Crippen molar-refractivity contribution in [2.45, 2.75) is 26.9 Å². The highest BCUT2D eigenvalue weighted by atomic mass is 79.9. The topological polar surface area (TPSA) is 20.2 Å². The van der Waals surface area contributed by atoms with Crippen LogP contribution in [0.25, 0.3) is 0 Å². The van der Waals surface area contributed by atoms with Crippen molar-refractivity contribution in [1.82, 2.24) is 0 Å². The molecule has 1 N–H and O–H groups in total. The maximum atomic E-state index is 14.1. The molecule has 106 valence electrons. The summed E-state index contributed by atoms with van der Waals surface area (Å²) in [6.45, 7) is 5.59. The molecule has 0 heterocycles. The maximum absolute atomic E-state index is 14.1. The fourth-order valence-electron chi connectivity index (χ4n) is 2.56. The molecule has 20 heavy (non-hydrogen) atoms. The third-order valence-corrected chi connectivity index (χ3v) is 3.98. The molecule has 0 bridgehead atoms. The van der Waals surface area contributed by atoms with Crippen molar-refractivity contribution in [3.63, 3.8) is 0 Å². The van der Waals surface area contributed by atoms with Gasteiger partial charge in [-0.05, 0) is 65.5 Å². The zero-order valence-electron chi connectivity index (χ0n) is 11.5. The summed E-state index contributed by atoms with van der Waals surface area (Å²) >= 11 is 3.02. The van der Waals surface area contributed by atoms with Gasteiger partial charge >= 0.3 is 0 Å². The largest absolute Gasteiger partial charge is 0.383 e. The Hall–Kier alpha value is -1.26. The summed E-state index contributed by atoms with van der Waals surface area (Å²) in [6, 6.07) is 6.21. The van der Waals surface area contributed by atoms with Crippen LogP contribution in [0.2, 0.25) is 0 Å². The smallest absolute Gasteiger partial charge is 0.146 e. The molecule has 0 aliphatic carbocycles. The van der Waals surface area contributed by atoms with Crippen molar-refractivity contribution in [3.8, 4) is 0 Å². The molecule has 2 rings (SSSR count). The van der Waals surface area contributed by atoms with Crippen molar-refractivity contribution < 1.29 is 13.9 Å². The van der Waals surface area contributed by atoms with E-state index in [4.69, 9.17) is 0 Å². The highest BCUT2D eigenvalue weighted by Crippen LogP contribution is 2.34. The molecule has 0 aliphatic rings. The van der Waals surface area contributed by atoms with Crippen molar-refractivity contribution in [2.24, 2.45) is 0 Å². The first kappa shape index (κ1) is 15.1.